The highest BCUT2D eigenvalue weighted by Gasteiger charge is 2.36. The summed E-state index contributed by atoms with van der Waals surface area (Å²) in [5, 5.41) is 0.323. The molecular weight excluding hydrogens is 436 g/mol. The third kappa shape index (κ3) is 6.61. The Morgan fingerprint density at radius 1 is 0.406 bits per heavy atom. The van der Waals surface area contributed by atoms with E-state index in [0.717, 1.165) is 51.4 Å². The molecule has 0 aliphatic heterocycles. The molecule has 4 rings (SSSR count). The van der Waals surface area contributed by atoms with Crippen molar-refractivity contribution in [3.05, 3.63) is 0 Å². The Morgan fingerprint density at radius 2 is 0.625 bits per heavy atom. The number of rotatable bonds is 4. The minimum atomic E-state index is 0.161. The fourth-order valence-corrected chi connectivity index (χ4v) is 8.64. The van der Waals surface area contributed by atoms with E-state index in [9.17, 15) is 9.59 Å². The first-order chi connectivity index (χ1) is 15.7. The summed E-state index contributed by atoms with van der Waals surface area (Å²) in [6.07, 6.45) is 24.4. The summed E-state index contributed by atoms with van der Waals surface area (Å²) in [5.74, 6) is 0. The van der Waals surface area contributed by atoms with Gasteiger partial charge < -0.3 is 9.80 Å². The number of carbonyl (C=O) groups is 2. The van der Waals surface area contributed by atoms with Crippen molar-refractivity contribution in [1.82, 2.24) is 9.80 Å². The summed E-state index contributed by atoms with van der Waals surface area (Å²) in [6.45, 7) is 0. The quantitative estimate of drug-likeness (QED) is 0.378. The third-order valence-electron chi connectivity index (χ3n) is 8.48. The molecular formula is C26H44N2O2S2. The zero-order chi connectivity index (χ0) is 22.2. The van der Waals surface area contributed by atoms with Crippen molar-refractivity contribution >= 4 is 32.1 Å². The summed E-state index contributed by atoms with van der Waals surface area (Å²) in [7, 11) is 2.50. The Morgan fingerprint density at radius 3 is 0.844 bits per heavy atom. The van der Waals surface area contributed by atoms with Gasteiger partial charge in [0.25, 0.3) is 10.5 Å². The van der Waals surface area contributed by atoms with Crippen molar-refractivity contribution in [3.63, 3.8) is 0 Å². The molecule has 4 fully saturated rings. The van der Waals surface area contributed by atoms with E-state index in [1.165, 1.54) is 98.6 Å². The van der Waals surface area contributed by atoms with E-state index < -0.39 is 0 Å². The topological polar surface area (TPSA) is 40.6 Å². The molecule has 0 aromatic rings. The van der Waals surface area contributed by atoms with Crippen LogP contribution in [0.5, 0.6) is 0 Å². The maximum atomic E-state index is 13.5. The molecule has 32 heavy (non-hydrogen) atoms. The standard InChI is InChI=1S/C26H44N2O2S2/c29-25(27(21-13-5-1-6-14-21)22-15-7-2-8-16-22)31-32-26(30)28(23-17-9-3-10-18-23)24-19-11-4-12-20-24/h21-24H,1-20H2. The van der Waals surface area contributed by atoms with Crippen LogP contribution < -0.4 is 0 Å². The predicted octanol–water partition coefficient (Wildman–Crippen LogP) is 8.54. The molecule has 0 radical (unpaired) electrons. The number of carbonyl (C=O) groups excluding carboxylic acids is 2. The van der Waals surface area contributed by atoms with Crippen LogP contribution in [-0.4, -0.2) is 44.4 Å². The van der Waals surface area contributed by atoms with E-state index in [0.29, 0.717) is 24.2 Å². The van der Waals surface area contributed by atoms with E-state index in [4.69, 9.17) is 0 Å². The SMILES string of the molecule is O=C(SSC(=O)N(C1CCCCC1)C1CCCCC1)N(C1CCCCC1)C1CCCCC1. The van der Waals surface area contributed by atoms with Crippen LogP contribution in [0.2, 0.25) is 0 Å². The van der Waals surface area contributed by atoms with Gasteiger partial charge in [-0.3, -0.25) is 9.59 Å². The highest BCUT2D eigenvalue weighted by Crippen LogP contribution is 2.39. The molecule has 0 spiro atoms. The average Bonchev–Trinajstić information content (AvgIpc) is 2.86. The van der Waals surface area contributed by atoms with Gasteiger partial charge in [-0.05, 0) is 51.4 Å². The monoisotopic (exact) mass is 480 g/mol. The Kier molecular flexibility index (Phi) is 10.00. The van der Waals surface area contributed by atoms with Gasteiger partial charge in [-0.1, -0.05) is 77.0 Å². The lowest BCUT2D eigenvalue weighted by Crippen LogP contribution is -2.48. The summed E-state index contributed by atoms with van der Waals surface area (Å²) in [6, 6.07) is 1.59. The van der Waals surface area contributed by atoms with Gasteiger partial charge in [0.1, 0.15) is 0 Å². The lowest BCUT2D eigenvalue weighted by Gasteiger charge is -2.42. The van der Waals surface area contributed by atoms with Crippen LogP contribution in [0.15, 0.2) is 0 Å². The van der Waals surface area contributed by atoms with E-state index >= 15 is 0 Å². The largest absolute Gasteiger partial charge is 0.327 e. The Labute approximate surface area is 203 Å². The average molecular weight is 481 g/mol. The maximum Gasteiger partial charge on any atom is 0.293 e. The second-order valence-corrected chi connectivity index (χ2v) is 12.7. The van der Waals surface area contributed by atoms with Crippen LogP contribution in [0.3, 0.4) is 0 Å². The molecule has 0 aromatic heterocycles. The Bertz CT molecular complexity index is 505. The molecule has 0 N–H and O–H groups in total. The van der Waals surface area contributed by atoms with Gasteiger partial charge in [-0.2, -0.15) is 0 Å². The highest BCUT2D eigenvalue weighted by molar-refractivity contribution is 8.87. The third-order valence-corrected chi connectivity index (χ3v) is 10.4. The Balaban J connectivity index is 1.39. The lowest BCUT2D eigenvalue weighted by atomic mass is 9.89. The first kappa shape index (κ1) is 24.8. The van der Waals surface area contributed by atoms with Crippen molar-refractivity contribution in [2.45, 2.75) is 153 Å². The number of hydrogen-bond acceptors (Lipinski definition) is 4. The first-order valence-corrected chi connectivity index (χ1v) is 15.9. The van der Waals surface area contributed by atoms with Crippen molar-refractivity contribution in [2.75, 3.05) is 0 Å². The number of amides is 2. The number of nitrogens with zero attached hydrogens (tertiary/aromatic N) is 2. The second kappa shape index (κ2) is 12.9. The molecule has 0 saturated heterocycles. The van der Waals surface area contributed by atoms with Gasteiger partial charge in [0.2, 0.25) is 0 Å². The minimum absolute atomic E-state index is 0.161. The van der Waals surface area contributed by atoms with Gasteiger partial charge in [-0.25, -0.2) is 0 Å². The Hall–Kier alpha value is -0.360. The predicted molar refractivity (Wildman–Crippen MR) is 137 cm³/mol. The van der Waals surface area contributed by atoms with Crippen LogP contribution in [0.1, 0.15) is 128 Å². The highest BCUT2D eigenvalue weighted by atomic mass is 33.1. The zero-order valence-electron chi connectivity index (χ0n) is 20.0. The molecule has 4 aliphatic rings. The fourth-order valence-electron chi connectivity index (χ4n) is 6.79. The molecule has 182 valence electrons. The fraction of sp³-hybridized carbons (Fsp3) is 0.923. The molecule has 0 heterocycles. The van der Waals surface area contributed by atoms with Gasteiger partial charge >= 0.3 is 0 Å². The zero-order valence-corrected chi connectivity index (χ0v) is 21.6. The van der Waals surface area contributed by atoms with Gasteiger partial charge in [0, 0.05) is 45.8 Å². The van der Waals surface area contributed by atoms with Crippen LogP contribution in [-0.2, 0) is 0 Å². The van der Waals surface area contributed by atoms with Crippen LogP contribution in [0.4, 0.5) is 9.59 Å². The molecule has 2 amide bonds. The van der Waals surface area contributed by atoms with Crippen molar-refractivity contribution in [1.29, 1.82) is 0 Å². The second-order valence-electron chi connectivity index (χ2n) is 10.7. The lowest BCUT2D eigenvalue weighted by molar-refractivity contribution is 0.121. The van der Waals surface area contributed by atoms with Gasteiger partial charge in [-0.15, -0.1) is 0 Å². The van der Waals surface area contributed by atoms with E-state index in [1.807, 2.05) is 0 Å². The normalized spacial score (nSPS) is 24.9. The van der Waals surface area contributed by atoms with Gasteiger partial charge in [0.05, 0.1) is 0 Å². The van der Waals surface area contributed by atoms with E-state index in [1.54, 1.807) is 0 Å². The van der Waals surface area contributed by atoms with Crippen molar-refractivity contribution in [3.8, 4) is 0 Å². The van der Waals surface area contributed by atoms with Crippen LogP contribution in [0.25, 0.3) is 0 Å². The van der Waals surface area contributed by atoms with Gasteiger partial charge in [0.15, 0.2) is 0 Å². The first-order valence-electron chi connectivity index (χ1n) is 13.7. The molecule has 4 aliphatic carbocycles. The molecule has 4 saturated carbocycles. The molecule has 0 atom stereocenters. The van der Waals surface area contributed by atoms with E-state index in [-0.39, 0.29) is 10.5 Å². The summed E-state index contributed by atoms with van der Waals surface area (Å²) < 4.78 is 0. The maximum absolute atomic E-state index is 13.5. The van der Waals surface area contributed by atoms with E-state index in [2.05, 4.69) is 9.80 Å². The number of hydrogen-bond donors (Lipinski definition) is 0. The summed E-state index contributed by atoms with van der Waals surface area (Å²) >= 11 is 0. The molecule has 6 heteroatoms. The van der Waals surface area contributed by atoms with Crippen molar-refractivity contribution in [2.24, 2.45) is 0 Å². The van der Waals surface area contributed by atoms with Crippen LogP contribution in [0, 0.1) is 0 Å². The smallest absolute Gasteiger partial charge is 0.293 e. The minimum Gasteiger partial charge on any atom is -0.327 e. The molecule has 0 unspecified atom stereocenters. The molecule has 0 bridgehead atoms. The molecule has 4 nitrogen and oxygen atoms in total. The summed E-state index contributed by atoms with van der Waals surface area (Å²) in [5.41, 5.74) is 0. The van der Waals surface area contributed by atoms with Crippen LogP contribution >= 0.6 is 21.6 Å². The van der Waals surface area contributed by atoms with Crippen molar-refractivity contribution < 1.29 is 9.59 Å². The molecule has 0 aromatic carbocycles. The summed E-state index contributed by atoms with van der Waals surface area (Å²) in [4.78, 5) is 31.5.